The second kappa shape index (κ2) is 5.86. The van der Waals surface area contributed by atoms with Crippen molar-refractivity contribution in [1.29, 1.82) is 0 Å². The average Bonchev–Trinajstić information content (AvgIpc) is 2.44. The number of hydrogen-bond acceptors (Lipinski definition) is 3. The van der Waals surface area contributed by atoms with Crippen LogP contribution in [0.2, 0.25) is 5.02 Å². The number of fused-ring (bicyclic) bond motifs is 1. The molecule has 0 spiro atoms. The molecular formula is C17H18ClNO2. The van der Waals surface area contributed by atoms with Crippen molar-refractivity contribution in [3.8, 4) is 11.5 Å². The standard InChI is InChI=1S/C17H18ClNO2/c1-11-5-12(2)7-14(6-11)19-10-13-8-15(18)17-16(9-13)20-3-4-21-17/h5-9,19H,3-4,10H2,1-2H3. The molecule has 0 bridgehead atoms. The summed E-state index contributed by atoms with van der Waals surface area (Å²) in [5.41, 5.74) is 4.68. The molecule has 0 radical (unpaired) electrons. The quantitative estimate of drug-likeness (QED) is 0.915. The zero-order valence-corrected chi connectivity index (χ0v) is 13.0. The highest BCUT2D eigenvalue weighted by Gasteiger charge is 2.16. The largest absolute Gasteiger partial charge is 0.486 e. The molecule has 1 heterocycles. The predicted molar refractivity (Wildman–Crippen MR) is 85.7 cm³/mol. The molecule has 0 atom stereocenters. The van der Waals surface area contributed by atoms with Gasteiger partial charge in [0.25, 0.3) is 0 Å². The summed E-state index contributed by atoms with van der Waals surface area (Å²) in [6, 6.07) is 10.3. The van der Waals surface area contributed by atoms with Crippen LogP contribution in [0.1, 0.15) is 16.7 Å². The molecule has 0 saturated heterocycles. The Labute approximate surface area is 129 Å². The lowest BCUT2D eigenvalue weighted by Gasteiger charge is -2.20. The first-order chi connectivity index (χ1) is 10.1. The number of nitrogens with one attached hydrogen (secondary N) is 1. The molecule has 0 aliphatic carbocycles. The second-order valence-corrected chi connectivity index (χ2v) is 5.74. The van der Waals surface area contributed by atoms with E-state index in [9.17, 15) is 0 Å². The predicted octanol–water partition coefficient (Wildman–Crippen LogP) is 4.34. The summed E-state index contributed by atoms with van der Waals surface area (Å²) in [7, 11) is 0. The fraction of sp³-hybridized carbons (Fsp3) is 0.294. The third-order valence-electron chi connectivity index (χ3n) is 3.37. The number of benzene rings is 2. The van der Waals surface area contributed by atoms with Crippen LogP contribution in [0.5, 0.6) is 11.5 Å². The van der Waals surface area contributed by atoms with Gasteiger partial charge in [0.05, 0.1) is 5.02 Å². The van der Waals surface area contributed by atoms with Crippen molar-refractivity contribution in [1.82, 2.24) is 0 Å². The van der Waals surface area contributed by atoms with Gasteiger partial charge in [-0.1, -0.05) is 17.7 Å². The van der Waals surface area contributed by atoms with Crippen molar-refractivity contribution in [2.45, 2.75) is 20.4 Å². The summed E-state index contributed by atoms with van der Waals surface area (Å²) < 4.78 is 11.1. The Hall–Kier alpha value is -1.87. The topological polar surface area (TPSA) is 30.5 Å². The van der Waals surface area contributed by atoms with Crippen LogP contribution in [0.15, 0.2) is 30.3 Å². The van der Waals surface area contributed by atoms with E-state index in [4.69, 9.17) is 21.1 Å². The molecule has 3 rings (SSSR count). The molecule has 0 aromatic heterocycles. The molecule has 4 heteroatoms. The lowest BCUT2D eigenvalue weighted by atomic mass is 10.1. The molecule has 0 saturated carbocycles. The zero-order valence-electron chi connectivity index (χ0n) is 12.2. The molecule has 0 fully saturated rings. The van der Waals surface area contributed by atoms with E-state index in [0.29, 0.717) is 30.5 Å². The molecular weight excluding hydrogens is 286 g/mol. The molecule has 1 N–H and O–H groups in total. The highest BCUT2D eigenvalue weighted by molar-refractivity contribution is 6.32. The van der Waals surface area contributed by atoms with Gasteiger partial charge in [0, 0.05) is 12.2 Å². The Bertz CT molecular complexity index is 650. The monoisotopic (exact) mass is 303 g/mol. The SMILES string of the molecule is Cc1cc(C)cc(NCc2cc(Cl)c3c(c2)OCCO3)c1. The molecule has 110 valence electrons. The van der Waals surface area contributed by atoms with Crippen LogP contribution in [0.3, 0.4) is 0 Å². The minimum atomic E-state index is 0.548. The van der Waals surface area contributed by atoms with Gasteiger partial charge in [0.15, 0.2) is 11.5 Å². The van der Waals surface area contributed by atoms with Crippen molar-refractivity contribution in [3.63, 3.8) is 0 Å². The lowest BCUT2D eigenvalue weighted by molar-refractivity contribution is 0.171. The maximum atomic E-state index is 6.25. The van der Waals surface area contributed by atoms with E-state index in [-0.39, 0.29) is 0 Å². The van der Waals surface area contributed by atoms with Crippen molar-refractivity contribution in [2.24, 2.45) is 0 Å². The lowest BCUT2D eigenvalue weighted by Crippen LogP contribution is -2.16. The summed E-state index contributed by atoms with van der Waals surface area (Å²) in [6.45, 7) is 6.00. The van der Waals surface area contributed by atoms with E-state index in [1.54, 1.807) is 0 Å². The van der Waals surface area contributed by atoms with Crippen LogP contribution in [0, 0.1) is 13.8 Å². The van der Waals surface area contributed by atoms with Gasteiger partial charge in [-0.15, -0.1) is 0 Å². The smallest absolute Gasteiger partial charge is 0.179 e. The van der Waals surface area contributed by atoms with Crippen molar-refractivity contribution >= 4 is 17.3 Å². The average molecular weight is 304 g/mol. The molecule has 1 aliphatic heterocycles. The van der Waals surface area contributed by atoms with Gasteiger partial charge >= 0.3 is 0 Å². The number of rotatable bonds is 3. The summed E-state index contributed by atoms with van der Waals surface area (Å²) in [6.07, 6.45) is 0. The van der Waals surface area contributed by atoms with E-state index >= 15 is 0 Å². The molecule has 2 aromatic carbocycles. The van der Waals surface area contributed by atoms with E-state index in [1.807, 2.05) is 12.1 Å². The Kier molecular flexibility index (Phi) is 3.93. The third-order valence-corrected chi connectivity index (χ3v) is 3.66. The first-order valence-corrected chi connectivity index (χ1v) is 7.40. The van der Waals surface area contributed by atoms with E-state index in [2.05, 4.69) is 37.4 Å². The van der Waals surface area contributed by atoms with E-state index in [1.165, 1.54) is 11.1 Å². The van der Waals surface area contributed by atoms with Crippen LogP contribution in [-0.4, -0.2) is 13.2 Å². The molecule has 0 amide bonds. The highest BCUT2D eigenvalue weighted by atomic mass is 35.5. The summed E-state index contributed by atoms with van der Waals surface area (Å²) in [5, 5.41) is 4.02. The Morgan fingerprint density at radius 1 is 1.00 bits per heavy atom. The Morgan fingerprint density at radius 2 is 1.71 bits per heavy atom. The van der Waals surface area contributed by atoms with Crippen LogP contribution in [0.25, 0.3) is 0 Å². The molecule has 3 nitrogen and oxygen atoms in total. The van der Waals surface area contributed by atoms with Gasteiger partial charge in [-0.25, -0.2) is 0 Å². The molecule has 0 unspecified atom stereocenters. The maximum Gasteiger partial charge on any atom is 0.179 e. The van der Waals surface area contributed by atoms with Gasteiger partial charge in [0.2, 0.25) is 0 Å². The number of aryl methyl sites for hydroxylation is 2. The van der Waals surface area contributed by atoms with Gasteiger partial charge in [-0.3, -0.25) is 0 Å². The molecule has 21 heavy (non-hydrogen) atoms. The van der Waals surface area contributed by atoms with Crippen molar-refractivity contribution in [2.75, 3.05) is 18.5 Å². The van der Waals surface area contributed by atoms with Crippen LogP contribution in [0.4, 0.5) is 5.69 Å². The number of hydrogen-bond donors (Lipinski definition) is 1. The first-order valence-electron chi connectivity index (χ1n) is 7.02. The summed E-state index contributed by atoms with van der Waals surface area (Å²) >= 11 is 6.25. The number of anilines is 1. The van der Waals surface area contributed by atoms with Crippen molar-refractivity contribution < 1.29 is 9.47 Å². The molecule has 2 aromatic rings. The first kappa shape index (κ1) is 14.1. The van der Waals surface area contributed by atoms with Gasteiger partial charge in [-0.05, 0) is 54.8 Å². The number of halogens is 1. The van der Waals surface area contributed by atoms with Crippen molar-refractivity contribution in [3.05, 3.63) is 52.0 Å². The zero-order chi connectivity index (χ0) is 14.8. The summed E-state index contributed by atoms with van der Waals surface area (Å²) in [4.78, 5) is 0. The van der Waals surface area contributed by atoms with Crippen LogP contribution < -0.4 is 14.8 Å². The minimum absolute atomic E-state index is 0.548. The third kappa shape index (κ3) is 3.24. The van der Waals surface area contributed by atoms with Gasteiger partial charge < -0.3 is 14.8 Å². The Morgan fingerprint density at radius 3 is 2.48 bits per heavy atom. The fourth-order valence-corrected chi connectivity index (χ4v) is 2.84. The van der Waals surface area contributed by atoms with Crippen LogP contribution >= 0.6 is 11.6 Å². The van der Waals surface area contributed by atoms with E-state index in [0.717, 1.165) is 17.0 Å². The second-order valence-electron chi connectivity index (χ2n) is 5.33. The van der Waals surface area contributed by atoms with Crippen LogP contribution in [-0.2, 0) is 6.54 Å². The van der Waals surface area contributed by atoms with Gasteiger partial charge in [0.1, 0.15) is 13.2 Å². The minimum Gasteiger partial charge on any atom is -0.486 e. The highest BCUT2D eigenvalue weighted by Crippen LogP contribution is 2.38. The van der Waals surface area contributed by atoms with Gasteiger partial charge in [-0.2, -0.15) is 0 Å². The maximum absolute atomic E-state index is 6.25. The summed E-state index contributed by atoms with van der Waals surface area (Å²) in [5.74, 6) is 1.38. The number of ether oxygens (including phenoxy) is 2. The fourth-order valence-electron chi connectivity index (χ4n) is 2.55. The molecule has 1 aliphatic rings. The van der Waals surface area contributed by atoms with E-state index < -0.39 is 0 Å². The Balaban J connectivity index is 1.77. The normalized spacial score (nSPS) is 13.1.